The maximum absolute atomic E-state index is 9.89. The number of thiol groups is 1. The molecular weight excluding hydrogens is 178 g/mol. The van der Waals surface area contributed by atoms with E-state index in [2.05, 4.69) is 9.76 Å². The summed E-state index contributed by atoms with van der Waals surface area (Å²) < 4.78 is 16.2. The Morgan fingerprint density at radius 1 is 1.50 bits per heavy atom. The number of ether oxygens (including phenoxy) is 1. The second-order valence-corrected chi connectivity index (χ2v) is 2.42. The highest BCUT2D eigenvalue weighted by Crippen LogP contribution is 1.89. The topological polar surface area (TPSA) is 47.6 Å². The Bertz CT molecular complexity index is 118. The molecule has 0 aromatic rings. The molecule has 0 radical (unpaired) electrons. The van der Waals surface area contributed by atoms with Gasteiger partial charge in [0.1, 0.15) is 7.41 Å². The minimum absolute atomic E-state index is 0.469. The van der Waals surface area contributed by atoms with E-state index in [-0.39, 0.29) is 0 Å². The number of hydroxylamine groups is 1. The van der Waals surface area contributed by atoms with Crippen molar-refractivity contribution in [2.24, 2.45) is 0 Å². The van der Waals surface area contributed by atoms with Crippen LogP contribution in [0.3, 0.4) is 0 Å². The Balaban J connectivity index is 2.79. The third-order valence-electron chi connectivity index (χ3n) is 1.26. The molecule has 4 nitrogen and oxygen atoms in total. The lowest BCUT2D eigenvalue weighted by Gasteiger charge is -2.01. The molecule has 5 heteroatoms. The van der Waals surface area contributed by atoms with Crippen molar-refractivity contribution in [2.45, 2.75) is 19.3 Å². The van der Waals surface area contributed by atoms with E-state index < -0.39 is 0 Å². The van der Waals surface area contributed by atoms with E-state index in [1.807, 2.05) is 0 Å². The van der Waals surface area contributed by atoms with Crippen molar-refractivity contribution in [3.8, 4) is 0 Å². The van der Waals surface area contributed by atoms with Crippen LogP contribution in [0.5, 0.6) is 0 Å². The number of aldehydes is 1. The van der Waals surface area contributed by atoms with Crippen molar-refractivity contribution in [1.29, 1.82) is 1.12 Å². The molecular formula is C7H15NO3S. The molecule has 0 saturated carbocycles. The summed E-state index contributed by atoms with van der Waals surface area (Å²) in [6.45, 7) is 1.89. The fraction of sp³-hybridized carbons (Fsp3) is 0.857. The van der Waals surface area contributed by atoms with Crippen LogP contribution in [-0.4, -0.2) is 27.2 Å². The molecule has 0 rings (SSSR count). The smallest absolute Gasteiger partial charge is 0.137 e. The fourth-order valence-corrected chi connectivity index (χ4v) is 0.760. The Hall–Kier alpha value is -0.100. The second-order valence-electron chi connectivity index (χ2n) is 2.25. The van der Waals surface area contributed by atoms with Crippen LogP contribution in [0.25, 0.3) is 0 Å². The Labute approximate surface area is 79.3 Å². The maximum atomic E-state index is 9.89. The van der Waals surface area contributed by atoms with Gasteiger partial charge in [-0.05, 0) is 25.7 Å². The standard InChI is InChI=1S/C7H15NO3S/c9-5-3-7-10-6-2-1-4-8-11-12/h5,8,12H,1-4,6-7H2/i/hT. The molecule has 0 unspecified atom stereocenters. The van der Waals surface area contributed by atoms with E-state index in [1.165, 1.54) is 0 Å². The molecule has 1 N–H and O–H groups in total. The summed E-state index contributed by atoms with van der Waals surface area (Å²) in [5.41, 5.74) is 2.60. The summed E-state index contributed by atoms with van der Waals surface area (Å²) in [5, 5.41) is 0. The molecule has 0 atom stereocenters. The van der Waals surface area contributed by atoms with Crippen LogP contribution in [-0.2, 0) is 13.8 Å². The first-order valence-electron chi connectivity index (χ1n) is 4.35. The molecule has 0 heterocycles. The van der Waals surface area contributed by atoms with E-state index in [4.69, 9.17) is 5.86 Å². The quantitative estimate of drug-likeness (QED) is 0.177. The van der Waals surface area contributed by atoms with E-state index in [0.29, 0.717) is 39.0 Å². The average Bonchev–Trinajstić information content (AvgIpc) is 2.16. The lowest BCUT2D eigenvalue weighted by atomic mass is 10.3. The molecule has 0 saturated heterocycles. The van der Waals surface area contributed by atoms with E-state index in [0.717, 1.165) is 19.1 Å². The van der Waals surface area contributed by atoms with Gasteiger partial charge in [-0.3, -0.25) is 0 Å². The van der Waals surface area contributed by atoms with Gasteiger partial charge in [0.05, 0.1) is 6.61 Å². The molecule has 0 aliphatic heterocycles. The van der Waals surface area contributed by atoms with Gasteiger partial charge < -0.3 is 9.53 Å². The third kappa shape index (κ3) is 9.90. The first-order valence-corrected chi connectivity index (χ1v) is 4.28. The molecule has 72 valence electrons. The van der Waals surface area contributed by atoms with E-state index in [9.17, 15) is 4.79 Å². The second kappa shape index (κ2) is 10.9. The highest BCUT2D eigenvalue weighted by molar-refractivity contribution is 7.75. The van der Waals surface area contributed by atoms with Gasteiger partial charge in [-0.15, -0.1) is 0 Å². The highest BCUT2D eigenvalue weighted by atomic mass is 32.1. The predicted octanol–water partition coefficient (Wildman–Crippen LogP) is 0.738. The zero-order valence-electron chi connectivity index (χ0n) is 7.95. The monoisotopic (exact) mass is 195 g/mol. The molecule has 0 aliphatic rings. The third-order valence-corrected chi connectivity index (χ3v) is 1.37. The SMILES string of the molecule is [3H]SONCCCCOCCC=O. The lowest BCUT2D eigenvalue weighted by Crippen LogP contribution is -2.11. The van der Waals surface area contributed by atoms with E-state index >= 15 is 0 Å². The zero-order valence-corrected chi connectivity index (χ0v) is 7.77. The Kier molecular flexibility index (Phi) is 9.07. The summed E-state index contributed by atoms with van der Waals surface area (Å²) in [4.78, 5) is 9.89. The van der Waals surface area contributed by atoms with Gasteiger partial charge in [0.2, 0.25) is 0 Å². The first kappa shape index (κ1) is 9.98. The number of rotatable bonds is 10. The summed E-state index contributed by atoms with van der Waals surface area (Å²) in [6, 6.07) is 0. The summed E-state index contributed by atoms with van der Waals surface area (Å²) in [7, 11) is 0. The van der Waals surface area contributed by atoms with Crippen LogP contribution in [0.4, 0.5) is 0 Å². The Morgan fingerprint density at radius 2 is 2.42 bits per heavy atom. The Morgan fingerprint density at radius 3 is 3.17 bits per heavy atom. The molecule has 0 amide bonds. The highest BCUT2D eigenvalue weighted by Gasteiger charge is 1.89. The normalized spacial score (nSPS) is 11.2. The number of hydrogen-bond acceptors (Lipinski definition) is 5. The van der Waals surface area contributed by atoms with Crippen LogP contribution < -0.4 is 5.48 Å². The lowest BCUT2D eigenvalue weighted by molar-refractivity contribution is -0.108. The molecule has 0 spiro atoms. The van der Waals surface area contributed by atoms with Crippen LogP contribution >= 0.6 is 12.8 Å². The average molecular weight is 195 g/mol. The maximum Gasteiger partial charge on any atom is 0.137 e. The molecule has 12 heavy (non-hydrogen) atoms. The summed E-state index contributed by atoms with van der Waals surface area (Å²) >= 11 is 0.545. The predicted molar refractivity (Wildman–Crippen MR) is 48.8 cm³/mol. The van der Waals surface area contributed by atoms with Crippen molar-refractivity contribution in [1.82, 2.24) is 5.48 Å². The van der Waals surface area contributed by atoms with Crippen LogP contribution in [0.2, 0.25) is 0 Å². The molecule has 0 aromatic carbocycles. The summed E-state index contributed by atoms with van der Waals surface area (Å²) in [6.07, 6.45) is 3.18. The van der Waals surface area contributed by atoms with Gasteiger partial charge in [-0.1, -0.05) is 0 Å². The van der Waals surface area contributed by atoms with Gasteiger partial charge in [-0.2, -0.15) is 5.48 Å². The largest absolute Gasteiger partial charge is 0.381 e. The first-order chi connectivity index (χ1) is 6.41. The van der Waals surface area contributed by atoms with Crippen molar-refractivity contribution in [3.05, 3.63) is 0 Å². The van der Waals surface area contributed by atoms with E-state index in [1.54, 1.807) is 0 Å². The van der Waals surface area contributed by atoms with Crippen molar-refractivity contribution in [2.75, 3.05) is 19.8 Å². The minimum atomic E-state index is 0.469. The molecule has 0 aliphatic carbocycles. The summed E-state index contributed by atoms with van der Waals surface area (Å²) in [5.74, 6) is 0. The van der Waals surface area contributed by atoms with Gasteiger partial charge in [0.25, 0.3) is 0 Å². The van der Waals surface area contributed by atoms with Gasteiger partial charge >= 0.3 is 0 Å². The van der Waals surface area contributed by atoms with Crippen LogP contribution in [0.1, 0.15) is 19.3 Å². The number of carbonyl (C=O) groups excluding carboxylic acids is 1. The molecule has 0 fully saturated rings. The van der Waals surface area contributed by atoms with Gasteiger partial charge in [0.15, 0.2) is 0 Å². The molecule has 0 aromatic heterocycles. The minimum Gasteiger partial charge on any atom is -0.381 e. The number of hydrogen-bond donors (Lipinski definition) is 2. The fourth-order valence-electron chi connectivity index (χ4n) is 0.676. The number of nitrogens with one attached hydrogen (secondary N) is 1. The number of unbranched alkanes of at least 4 members (excludes halogenated alkanes) is 1. The van der Waals surface area contributed by atoms with Gasteiger partial charge in [0, 0.05) is 19.6 Å². The van der Waals surface area contributed by atoms with Crippen molar-refractivity contribution < 1.29 is 13.8 Å². The molecule has 0 bridgehead atoms. The van der Waals surface area contributed by atoms with Crippen LogP contribution in [0.15, 0.2) is 0 Å². The van der Waals surface area contributed by atoms with Crippen molar-refractivity contribution >= 4 is 19.1 Å². The zero-order chi connectivity index (χ0) is 9.78. The van der Waals surface area contributed by atoms with Crippen LogP contribution in [0, 0.1) is 0 Å². The van der Waals surface area contributed by atoms with Gasteiger partial charge in [-0.25, -0.2) is 4.28 Å². The van der Waals surface area contributed by atoms with Crippen molar-refractivity contribution in [3.63, 3.8) is 0 Å². The number of carbonyl (C=O) groups is 1.